The van der Waals surface area contributed by atoms with E-state index in [1.165, 1.54) is 11.4 Å². The quantitative estimate of drug-likeness (QED) is 0.793. The number of hydrogen-bond acceptors (Lipinski definition) is 5. The van der Waals surface area contributed by atoms with Crippen molar-refractivity contribution in [1.82, 2.24) is 0 Å². The SMILES string of the molecule is CN1c2ccccc2C2=C([C@H](c3ccccc3Cl)C(C#N)=C(N)O2)S1(=O)=O. The van der Waals surface area contributed by atoms with Crippen molar-refractivity contribution in [3.05, 3.63) is 81.0 Å². The molecule has 2 aromatic rings. The number of fused-ring (bicyclic) bond motifs is 2. The van der Waals surface area contributed by atoms with E-state index in [4.69, 9.17) is 22.1 Å². The molecule has 0 spiro atoms. The number of sulfonamides is 1. The van der Waals surface area contributed by atoms with Crippen LogP contribution >= 0.6 is 11.6 Å². The highest BCUT2D eigenvalue weighted by atomic mass is 35.5. The van der Waals surface area contributed by atoms with Gasteiger partial charge in [0.05, 0.1) is 11.6 Å². The van der Waals surface area contributed by atoms with E-state index in [1.54, 1.807) is 48.5 Å². The van der Waals surface area contributed by atoms with Crippen LogP contribution in [0.15, 0.2) is 64.9 Å². The van der Waals surface area contributed by atoms with Crippen LogP contribution in [-0.4, -0.2) is 15.5 Å². The molecule has 2 heterocycles. The van der Waals surface area contributed by atoms with E-state index < -0.39 is 15.9 Å². The van der Waals surface area contributed by atoms with Gasteiger partial charge in [0.25, 0.3) is 10.0 Å². The number of nitrogens with zero attached hydrogens (tertiary/aromatic N) is 2. The van der Waals surface area contributed by atoms with Crippen LogP contribution in [0.1, 0.15) is 17.0 Å². The molecule has 0 fully saturated rings. The zero-order chi connectivity index (χ0) is 19.3. The highest BCUT2D eigenvalue weighted by Gasteiger charge is 2.46. The Morgan fingerprint density at radius 1 is 1.19 bits per heavy atom. The van der Waals surface area contributed by atoms with Crippen molar-refractivity contribution in [2.24, 2.45) is 5.73 Å². The molecule has 1 atom stereocenters. The van der Waals surface area contributed by atoms with Gasteiger partial charge < -0.3 is 10.5 Å². The second-order valence-electron chi connectivity index (χ2n) is 6.13. The van der Waals surface area contributed by atoms with Crippen LogP contribution in [0.2, 0.25) is 5.02 Å². The molecule has 0 saturated heterocycles. The molecule has 0 aromatic heterocycles. The number of hydrogen-bond donors (Lipinski definition) is 1. The van der Waals surface area contributed by atoms with Gasteiger partial charge in [-0.3, -0.25) is 4.31 Å². The van der Waals surface area contributed by atoms with Gasteiger partial charge in [-0.05, 0) is 23.8 Å². The molecule has 6 nitrogen and oxygen atoms in total. The van der Waals surface area contributed by atoms with Gasteiger partial charge in [-0.15, -0.1) is 0 Å². The lowest BCUT2D eigenvalue weighted by atomic mass is 9.88. The number of anilines is 1. The van der Waals surface area contributed by atoms with Crippen LogP contribution in [0.4, 0.5) is 5.69 Å². The molecule has 27 heavy (non-hydrogen) atoms. The first-order valence-corrected chi connectivity index (χ1v) is 9.84. The maximum atomic E-state index is 13.3. The lowest BCUT2D eigenvalue weighted by molar-refractivity contribution is 0.357. The number of allylic oxidation sites excluding steroid dienone is 2. The normalized spacial score (nSPS) is 20.5. The molecule has 0 radical (unpaired) electrons. The molecular weight excluding hydrogens is 386 g/mol. The molecule has 4 rings (SSSR count). The first-order valence-electron chi connectivity index (χ1n) is 8.02. The minimum absolute atomic E-state index is 0.0122. The Bertz CT molecular complexity index is 1180. The summed E-state index contributed by atoms with van der Waals surface area (Å²) < 4.78 is 33.5. The molecule has 8 heteroatoms. The van der Waals surface area contributed by atoms with Crippen molar-refractivity contribution in [2.45, 2.75) is 5.92 Å². The summed E-state index contributed by atoms with van der Waals surface area (Å²) in [6, 6.07) is 15.7. The standard InChI is InChI=1S/C19H14ClN3O3S/c1-23-15-9-5-3-7-12(15)17-18(27(23,24)25)16(13(10-21)19(22)26-17)11-6-2-4-8-14(11)20/h2-9,16H,22H2,1H3/t16-/m1/s1. The number of benzene rings is 2. The zero-order valence-electron chi connectivity index (χ0n) is 14.2. The van der Waals surface area contributed by atoms with Gasteiger partial charge in [0, 0.05) is 17.6 Å². The number of halogens is 1. The Morgan fingerprint density at radius 2 is 1.85 bits per heavy atom. The lowest BCUT2D eigenvalue weighted by Gasteiger charge is -2.36. The molecule has 2 aromatic carbocycles. The van der Waals surface area contributed by atoms with Crippen LogP contribution < -0.4 is 10.0 Å². The van der Waals surface area contributed by atoms with Gasteiger partial charge in [0.1, 0.15) is 16.5 Å². The molecule has 0 unspecified atom stereocenters. The second-order valence-corrected chi connectivity index (χ2v) is 8.47. The first kappa shape index (κ1) is 17.5. The number of rotatable bonds is 1. The van der Waals surface area contributed by atoms with E-state index in [9.17, 15) is 13.7 Å². The summed E-state index contributed by atoms with van der Waals surface area (Å²) in [5.74, 6) is -0.950. The molecule has 2 aliphatic heterocycles. The van der Waals surface area contributed by atoms with Gasteiger partial charge in [0.2, 0.25) is 5.88 Å². The predicted molar refractivity (Wildman–Crippen MR) is 103 cm³/mol. The average Bonchev–Trinajstić information content (AvgIpc) is 2.66. The second kappa shape index (κ2) is 6.05. The number of nitriles is 1. The predicted octanol–water partition coefficient (Wildman–Crippen LogP) is 3.30. The van der Waals surface area contributed by atoms with Crippen molar-refractivity contribution in [3.63, 3.8) is 0 Å². The maximum absolute atomic E-state index is 13.3. The summed E-state index contributed by atoms with van der Waals surface area (Å²) in [5, 5.41) is 10.0. The van der Waals surface area contributed by atoms with Gasteiger partial charge in [-0.2, -0.15) is 5.26 Å². The van der Waals surface area contributed by atoms with E-state index in [2.05, 4.69) is 0 Å². The summed E-state index contributed by atoms with van der Waals surface area (Å²) in [5.41, 5.74) is 7.55. The third-order valence-corrected chi connectivity index (χ3v) is 6.95. The van der Waals surface area contributed by atoms with Crippen molar-refractivity contribution < 1.29 is 13.2 Å². The van der Waals surface area contributed by atoms with E-state index >= 15 is 0 Å². The van der Waals surface area contributed by atoms with Crippen LogP contribution in [-0.2, 0) is 14.8 Å². The third kappa shape index (κ3) is 2.41. The summed E-state index contributed by atoms with van der Waals surface area (Å²) in [6.45, 7) is 0. The van der Waals surface area contributed by atoms with Crippen LogP contribution in [0.25, 0.3) is 5.76 Å². The topological polar surface area (TPSA) is 96.4 Å². The van der Waals surface area contributed by atoms with Gasteiger partial charge in [0.15, 0.2) is 5.76 Å². The molecular formula is C19H14ClN3O3S. The summed E-state index contributed by atoms with van der Waals surface area (Å²) in [4.78, 5) is -0.0393. The minimum atomic E-state index is -3.97. The van der Waals surface area contributed by atoms with Crippen LogP contribution in [0.5, 0.6) is 0 Å². The Hall–Kier alpha value is -2.95. The molecule has 0 amide bonds. The van der Waals surface area contributed by atoms with Crippen molar-refractivity contribution in [1.29, 1.82) is 5.26 Å². The Kier molecular flexibility index (Phi) is 3.91. The third-order valence-electron chi connectivity index (χ3n) is 4.72. The molecule has 0 saturated carbocycles. The smallest absolute Gasteiger partial charge is 0.264 e. The van der Waals surface area contributed by atoms with Crippen LogP contribution in [0, 0.1) is 11.3 Å². The van der Waals surface area contributed by atoms with Crippen LogP contribution in [0.3, 0.4) is 0 Å². The van der Waals surface area contributed by atoms with Gasteiger partial charge >= 0.3 is 0 Å². The van der Waals surface area contributed by atoms with Crippen molar-refractivity contribution >= 4 is 33.1 Å². The van der Waals surface area contributed by atoms with E-state index in [0.29, 0.717) is 21.8 Å². The highest BCUT2D eigenvalue weighted by molar-refractivity contribution is 7.96. The van der Waals surface area contributed by atoms with E-state index in [1.807, 2.05) is 6.07 Å². The zero-order valence-corrected chi connectivity index (χ0v) is 15.8. The largest absolute Gasteiger partial charge is 0.439 e. The fourth-order valence-corrected chi connectivity index (χ4v) is 5.30. The Morgan fingerprint density at radius 3 is 2.56 bits per heavy atom. The average molecular weight is 400 g/mol. The van der Waals surface area contributed by atoms with Gasteiger partial charge in [-0.25, -0.2) is 8.42 Å². The fourth-order valence-electron chi connectivity index (χ4n) is 3.42. The number of ether oxygens (including phenoxy) is 1. The molecule has 2 aliphatic rings. The Balaban J connectivity index is 2.11. The Labute approximate surface area is 161 Å². The van der Waals surface area contributed by atoms with E-state index in [0.717, 1.165) is 0 Å². The highest BCUT2D eigenvalue weighted by Crippen LogP contribution is 2.51. The van der Waals surface area contributed by atoms with Gasteiger partial charge in [-0.1, -0.05) is 41.9 Å². The first-order chi connectivity index (χ1) is 12.9. The monoisotopic (exact) mass is 399 g/mol. The molecule has 0 bridgehead atoms. The van der Waals surface area contributed by atoms with Crippen molar-refractivity contribution in [3.8, 4) is 6.07 Å². The lowest BCUT2D eigenvalue weighted by Crippen LogP contribution is -2.37. The number of nitrogens with two attached hydrogens (primary N) is 1. The maximum Gasteiger partial charge on any atom is 0.264 e. The fraction of sp³-hybridized carbons (Fsp3) is 0.105. The summed E-state index contributed by atoms with van der Waals surface area (Å²) in [6.07, 6.45) is 0. The molecule has 0 aliphatic carbocycles. The summed E-state index contributed by atoms with van der Waals surface area (Å²) in [7, 11) is -2.50. The minimum Gasteiger partial charge on any atom is -0.439 e. The summed E-state index contributed by atoms with van der Waals surface area (Å²) >= 11 is 6.34. The molecule has 2 N–H and O–H groups in total. The van der Waals surface area contributed by atoms with E-state index in [-0.39, 0.29) is 22.1 Å². The van der Waals surface area contributed by atoms with Crippen molar-refractivity contribution in [2.75, 3.05) is 11.4 Å². The molecule has 136 valence electrons. The number of para-hydroxylation sites is 1.